The minimum Gasteiger partial charge on any atom is -0.457 e. The van der Waals surface area contributed by atoms with Crippen LogP contribution in [0.15, 0.2) is 48.5 Å². The van der Waals surface area contributed by atoms with E-state index in [-0.39, 0.29) is 30.4 Å². The average molecular weight is 377 g/mol. The molecule has 0 aliphatic carbocycles. The van der Waals surface area contributed by atoms with Crippen LogP contribution in [0.25, 0.3) is 0 Å². The van der Waals surface area contributed by atoms with Gasteiger partial charge in [0.05, 0.1) is 18.5 Å². The lowest BCUT2D eigenvalue weighted by Gasteiger charge is -2.30. The van der Waals surface area contributed by atoms with E-state index >= 15 is 0 Å². The van der Waals surface area contributed by atoms with Gasteiger partial charge in [-0.25, -0.2) is 4.79 Å². The predicted octanol–water partition coefficient (Wildman–Crippen LogP) is 2.08. The molecule has 0 saturated carbocycles. The molecule has 1 N–H and O–H groups in total. The fourth-order valence-electron chi connectivity index (χ4n) is 4.32. The number of ether oxygens (including phenoxy) is 1. The van der Waals surface area contributed by atoms with Crippen molar-refractivity contribution in [3.63, 3.8) is 0 Å². The van der Waals surface area contributed by atoms with Gasteiger partial charge in [-0.3, -0.25) is 14.5 Å². The molecule has 4 amide bonds. The van der Waals surface area contributed by atoms with Crippen molar-refractivity contribution in [2.75, 3.05) is 19.6 Å². The summed E-state index contributed by atoms with van der Waals surface area (Å²) in [5.41, 5.74) is 1.68. The van der Waals surface area contributed by atoms with E-state index in [2.05, 4.69) is 5.32 Å². The average Bonchev–Trinajstić information content (AvgIpc) is 3.32. The van der Waals surface area contributed by atoms with Crippen LogP contribution in [0.1, 0.15) is 23.5 Å². The molecule has 2 saturated heterocycles. The Labute approximate surface area is 161 Å². The number of imide groups is 1. The zero-order valence-corrected chi connectivity index (χ0v) is 15.1. The highest BCUT2D eigenvalue weighted by Crippen LogP contribution is 2.45. The molecular formula is C21H19N3O4. The molecule has 0 radical (unpaired) electrons. The zero-order valence-electron chi connectivity index (χ0n) is 15.1. The summed E-state index contributed by atoms with van der Waals surface area (Å²) < 4.78 is 5.97. The summed E-state index contributed by atoms with van der Waals surface area (Å²) in [7, 11) is 0. The molecule has 0 spiro atoms. The van der Waals surface area contributed by atoms with Crippen molar-refractivity contribution in [3.05, 3.63) is 59.7 Å². The molecule has 1 unspecified atom stereocenters. The van der Waals surface area contributed by atoms with Gasteiger partial charge in [0.25, 0.3) is 0 Å². The molecule has 0 aromatic heterocycles. The molecule has 142 valence electrons. The molecule has 0 bridgehead atoms. The van der Waals surface area contributed by atoms with Crippen molar-refractivity contribution >= 4 is 17.8 Å². The maximum atomic E-state index is 13.5. The summed E-state index contributed by atoms with van der Waals surface area (Å²) in [5, 5.41) is 2.55. The maximum absolute atomic E-state index is 13.5. The molecule has 2 aromatic rings. The second-order valence-electron chi connectivity index (χ2n) is 7.26. The number of hydrogen-bond acceptors (Lipinski definition) is 4. The van der Waals surface area contributed by atoms with Gasteiger partial charge in [0.2, 0.25) is 11.8 Å². The second kappa shape index (κ2) is 6.37. The van der Waals surface area contributed by atoms with Gasteiger partial charge >= 0.3 is 6.03 Å². The Bertz CT molecular complexity index is 928. The zero-order chi connectivity index (χ0) is 19.3. The monoisotopic (exact) mass is 377 g/mol. The Morgan fingerprint density at radius 2 is 1.64 bits per heavy atom. The number of likely N-dealkylation sites (tertiary alicyclic amines) is 1. The molecule has 3 aliphatic rings. The van der Waals surface area contributed by atoms with Crippen molar-refractivity contribution in [2.24, 2.45) is 0 Å². The summed E-state index contributed by atoms with van der Waals surface area (Å²) >= 11 is 0. The SMILES string of the molecule is O=C(C1c2ccccc2Oc2ccccc21)N1CCC(N2C(=O)CNC2=O)C1. The van der Waals surface area contributed by atoms with Crippen LogP contribution in [0.5, 0.6) is 11.5 Å². The highest BCUT2D eigenvalue weighted by molar-refractivity contribution is 6.02. The van der Waals surface area contributed by atoms with Crippen molar-refractivity contribution in [2.45, 2.75) is 18.4 Å². The van der Waals surface area contributed by atoms with Crippen LogP contribution in [0.3, 0.4) is 0 Å². The molecule has 3 aliphatic heterocycles. The van der Waals surface area contributed by atoms with Gasteiger partial charge in [-0.05, 0) is 18.6 Å². The molecule has 28 heavy (non-hydrogen) atoms. The molecular weight excluding hydrogens is 358 g/mol. The number of carbonyl (C=O) groups excluding carboxylic acids is 3. The molecule has 5 rings (SSSR count). The number of nitrogens with one attached hydrogen (secondary N) is 1. The van der Waals surface area contributed by atoms with E-state index in [0.717, 1.165) is 11.1 Å². The highest BCUT2D eigenvalue weighted by Gasteiger charge is 2.42. The van der Waals surface area contributed by atoms with Crippen LogP contribution in [-0.4, -0.2) is 53.3 Å². The molecule has 1 atom stereocenters. The number of fused-ring (bicyclic) bond motifs is 2. The first-order valence-electron chi connectivity index (χ1n) is 9.38. The van der Waals surface area contributed by atoms with E-state index in [1.54, 1.807) is 4.90 Å². The number of para-hydroxylation sites is 2. The third-order valence-electron chi connectivity index (χ3n) is 5.65. The fourth-order valence-corrected chi connectivity index (χ4v) is 4.32. The van der Waals surface area contributed by atoms with E-state index in [1.807, 2.05) is 48.5 Å². The Morgan fingerprint density at radius 1 is 1.00 bits per heavy atom. The van der Waals surface area contributed by atoms with Crippen LogP contribution < -0.4 is 10.1 Å². The molecule has 2 fully saturated rings. The summed E-state index contributed by atoms with van der Waals surface area (Å²) in [6.45, 7) is 0.909. The third-order valence-corrected chi connectivity index (χ3v) is 5.65. The predicted molar refractivity (Wildman–Crippen MR) is 100 cm³/mol. The number of benzene rings is 2. The Morgan fingerprint density at radius 3 is 2.25 bits per heavy atom. The number of rotatable bonds is 2. The topological polar surface area (TPSA) is 79.0 Å². The lowest BCUT2D eigenvalue weighted by atomic mass is 9.87. The van der Waals surface area contributed by atoms with Crippen molar-refractivity contribution in [3.8, 4) is 11.5 Å². The van der Waals surface area contributed by atoms with Crippen LogP contribution in [0, 0.1) is 0 Å². The van der Waals surface area contributed by atoms with E-state index in [9.17, 15) is 14.4 Å². The summed E-state index contributed by atoms with van der Waals surface area (Å²) in [4.78, 5) is 40.5. The van der Waals surface area contributed by atoms with Crippen LogP contribution in [-0.2, 0) is 9.59 Å². The van der Waals surface area contributed by atoms with Crippen molar-refractivity contribution in [1.82, 2.24) is 15.1 Å². The molecule has 7 nitrogen and oxygen atoms in total. The van der Waals surface area contributed by atoms with Crippen LogP contribution in [0.2, 0.25) is 0 Å². The second-order valence-corrected chi connectivity index (χ2v) is 7.26. The Balaban J connectivity index is 1.45. The fraction of sp³-hybridized carbons (Fsp3) is 0.286. The number of nitrogens with zero attached hydrogens (tertiary/aromatic N) is 2. The number of carbonyl (C=O) groups is 3. The first kappa shape index (κ1) is 16.8. The van der Waals surface area contributed by atoms with E-state index in [1.165, 1.54) is 4.90 Å². The number of urea groups is 1. The Kier molecular flexibility index (Phi) is 3.82. The number of hydrogen-bond donors (Lipinski definition) is 1. The van der Waals surface area contributed by atoms with Crippen molar-refractivity contribution in [1.29, 1.82) is 0 Å². The van der Waals surface area contributed by atoms with Gasteiger partial charge in [0.1, 0.15) is 11.5 Å². The van der Waals surface area contributed by atoms with Crippen LogP contribution in [0.4, 0.5) is 4.79 Å². The van der Waals surface area contributed by atoms with Gasteiger partial charge in [0.15, 0.2) is 0 Å². The largest absolute Gasteiger partial charge is 0.457 e. The van der Waals surface area contributed by atoms with Gasteiger partial charge in [-0.1, -0.05) is 36.4 Å². The van der Waals surface area contributed by atoms with E-state index in [0.29, 0.717) is 31.0 Å². The third kappa shape index (κ3) is 2.54. The number of amides is 4. The van der Waals surface area contributed by atoms with Gasteiger partial charge in [0, 0.05) is 24.2 Å². The standard InChI is InChI=1S/C21H19N3O4/c25-18-11-22-21(27)24(18)13-9-10-23(12-13)20(26)19-14-5-1-3-7-16(14)28-17-8-4-2-6-15(17)19/h1-8,13,19H,9-12H2,(H,22,27). The smallest absolute Gasteiger partial charge is 0.324 e. The molecule has 2 aromatic carbocycles. The van der Waals surface area contributed by atoms with Gasteiger partial charge in [-0.2, -0.15) is 0 Å². The normalized spacial score (nSPS) is 21.2. The molecule has 3 heterocycles. The first-order chi connectivity index (χ1) is 13.6. The van der Waals surface area contributed by atoms with Gasteiger partial charge < -0.3 is 15.0 Å². The quantitative estimate of drug-likeness (QED) is 0.813. The summed E-state index contributed by atoms with van der Waals surface area (Å²) in [5.74, 6) is 0.653. The highest BCUT2D eigenvalue weighted by atomic mass is 16.5. The summed E-state index contributed by atoms with van der Waals surface area (Å²) in [6, 6.07) is 14.5. The lowest BCUT2D eigenvalue weighted by Crippen LogP contribution is -2.43. The minimum atomic E-state index is -0.456. The first-order valence-corrected chi connectivity index (χ1v) is 9.38. The lowest BCUT2D eigenvalue weighted by molar-refractivity contribution is -0.132. The maximum Gasteiger partial charge on any atom is 0.324 e. The Hall–Kier alpha value is -3.35. The minimum absolute atomic E-state index is 0.0299. The van der Waals surface area contributed by atoms with Crippen LogP contribution >= 0.6 is 0 Å². The molecule has 7 heteroatoms. The summed E-state index contributed by atoms with van der Waals surface area (Å²) in [6.07, 6.45) is 0.595. The van der Waals surface area contributed by atoms with Crippen molar-refractivity contribution < 1.29 is 19.1 Å². The van der Waals surface area contributed by atoms with Gasteiger partial charge in [-0.15, -0.1) is 0 Å². The van der Waals surface area contributed by atoms with E-state index in [4.69, 9.17) is 4.74 Å². The van der Waals surface area contributed by atoms with E-state index < -0.39 is 5.92 Å².